The molecule has 0 aliphatic rings. The van der Waals surface area contributed by atoms with Crippen LogP contribution >= 0.6 is 27.7 Å². The van der Waals surface area contributed by atoms with Gasteiger partial charge in [-0.05, 0) is 33.9 Å². The molecule has 0 spiro atoms. The highest BCUT2D eigenvalue weighted by atomic mass is 79.9. The number of nitrogens with one attached hydrogen (secondary N) is 1. The maximum atomic E-state index is 12.0. The molecule has 1 rings (SSSR count). The van der Waals surface area contributed by atoms with E-state index >= 15 is 0 Å². The Balaban J connectivity index is 2.76. The summed E-state index contributed by atoms with van der Waals surface area (Å²) in [5, 5.41) is 8.90. The number of furan rings is 1. The van der Waals surface area contributed by atoms with Gasteiger partial charge in [-0.1, -0.05) is 6.92 Å². The number of thioether (sulfide) groups is 1. The number of aliphatic hydroxyl groups excluding tert-OH is 1. The van der Waals surface area contributed by atoms with Crippen molar-refractivity contribution in [2.75, 3.05) is 18.6 Å². The summed E-state index contributed by atoms with van der Waals surface area (Å²) in [4.78, 5) is 0.0166. The first kappa shape index (κ1) is 16.0. The quantitative estimate of drug-likeness (QED) is 0.777. The van der Waals surface area contributed by atoms with Crippen molar-refractivity contribution in [3.8, 4) is 0 Å². The molecule has 0 bridgehead atoms. The van der Waals surface area contributed by atoms with Crippen molar-refractivity contribution in [3.05, 3.63) is 16.5 Å². The Morgan fingerprint density at radius 3 is 2.78 bits per heavy atom. The second-order valence-electron chi connectivity index (χ2n) is 3.92. The fourth-order valence-electron chi connectivity index (χ4n) is 1.33. The predicted octanol–water partition coefficient (Wildman–Crippen LogP) is 1.81. The lowest BCUT2D eigenvalue weighted by atomic mass is 10.2. The smallest absolute Gasteiger partial charge is 0.244 e. The van der Waals surface area contributed by atoms with E-state index in [9.17, 15) is 8.42 Å². The van der Waals surface area contributed by atoms with Gasteiger partial charge >= 0.3 is 0 Å². The molecule has 0 fully saturated rings. The first-order valence-corrected chi connectivity index (χ1v) is 8.95. The van der Waals surface area contributed by atoms with Gasteiger partial charge in [-0.15, -0.1) is 0 Å². The van der Waals surface area contributed by atoms with E-state index in [2.05, 4.69) is 20.7 Å². The molecule has 0 aromatic carbocycles. The Morgan fingerprint density at radius 1 is 1.61 bits per heavy atom. The van der Waals surface area contributed by atoms with Gasteiger partial charge in [0.2, 0.25) is 10.0 Å². The van der Waals surface area contributed by atoms with E-state index in [1.165, 1.54) is 6.07 Å². The third kappa shape index (κ3) is 4.27. The van der Waals surface area contributed by atoms with Crippen LogP contribution in [0.5, 0.6) is 0 Å². The third-order valence-corrected chi connectivity index (χ3v) is 5.41. The van der Waals surface area contributed by atoms with Crippen LogP contribution in [-0.4, -0.2) is 32.1 Å². The largest absolute Gasteiger partial charge is 0.450 e. The van der Waals surface area contributed by atoms with E-state index < -0.39 is 10.0 Å². The normalized spacial score (nSPS) is 13.8. The maximum absolute atomic E-state index is 12.0. The van der Waals surface area contributed by atoms with E-state index in [1.54, 1.807) is 11.8 Å². The molecule has 5 nitrogen and oxygen atoms in total. The first-order chi connectivity index (χ1) is 8.40. The van der Waals surface area contributed by atoms with Crippen LogP contribution in [-0.2, 0) is 16.6 Å². The molecular formula is C10H16BrNO4S2. The van der Waals surface area contributed by atoms with Gasteiger partial charge in [0.25, 0.3) is 0 Å². The zero-order valence-corrected chi connectivity index (χ0v) is 13.4. The molecule has 0 radical (unpaired) electrons. The van der Waals surface area contributed by atoms with Crippen LogP contribution in [0.25, 0.3) is 0 Å². The molecule has 1 heterocycles. The fraction of sp³-hybridized carbons (Fsp3) is 0.600. The predicted molar refractivity (Wildman–Crippen MR) is 75.1 cm³/mol. The highest BCUT2D eigenvalue weighted by Crippen LogP contribution is 2.26. The zero-order valence-electron chi connectivity index (χ0n) is 10.1. The van der Waals surface area contributed by atoms with Crippen molar-refractivity contribution in [2.45, 2.75) is 18.4 Å². The number of rotatable bonds is 7. The average molecular weight is 358 g/mol. The monoisotopic (exact) mass is 357 g/mol. The summed E-state index contributed by atoms with van der Waals surface area (Å²) in [6.07, 6.45) is 1.98. The van der Waals surface area contributed by atoms with Crippen molar-refractivity contribution in [1.82, 2.24) is 4.72 Å². The lowest BCUT2D eigenvalue weighted by Crippen LogP contribution is -2.29. The van der Waals surface area contributed by atoms with Crippen LogP contribution in [0.3, 0.4) is 0 Å². The van der Waals surface area contributed by atoms with Gasteiger partial charge in [0.15, 0.2) is 4.67 Å². The van der Waals surface area contributed by atoms with Crippen molar-refractivity contribution in [1.29, 1.82) is 0 Å². The second kappa shape index (κ2) is 6.95. The highest BCUT2D eigenvalue weighted by Gasteiger charge is 2.22. The molecule has 1 atom stereocenters. The van der Waals surface area contributed by atoms with E-state index in [0.717, 1.165) is 5.75 Å². The number of sulfonamides is 1. The van der Waals surface area contributed by atoms with Crippen LogP contribution in [0, 0.1) is 5.92 Å². The summed E-state index contributed by atoms with van der Waals surface area (Å²) in [6, 6.07) is 1.31. The molecule has 0 aliphatic carbocycles. The number of hydrogen-bond acceptors (Lipinski definition) is 5. The van der Waals surface area contributed by atoms with Crippen molar-refractivity contribution in [2.24, 2.45) is 5.92 Å². The number of aliphatic hydroxyl groups is 1. The van der Waals surface area contributed by atoms with Crippen LogP contribution in [0.1, 0.15) is 12.7 Å². The molecule has 104 valence electrons. The molecule has 8 heteroatoms. The van der Waals surface area contributed by atoms with Gasteiger partial charge in [0.1, 0.15) is 17.3 Å². The van der Waals surface area contributed by atoms with E-state index in [4.69, 9.17) is 9.52 Å². The summed E-state index contributed by atoms with van der Waals surface area (Å²) >= 11 is 4.70. The van der Waals surface area contributed by atoms with Crippen molar-refractivity contribution >= 4 is 37.7 Å². The molecule has 0 saturated carbocycles. The molecule has 0 saturated heterocycles. The van der Waals surface area contributed by atoms with E-state index in [-0.39, 0.29) is 27.9 Å². The summed E-state index contributed by atoms with van der Waals surface area (Å²) < 4.78 is 31.7. The van der Waals surface area contributed by atoms with Gasteiger partial charge in [0, 0.05) is 12.6 Å². The molecule has 0 amide bonds. The van der Waals surface area contributed by atoms with Gasteiger partial charge in [-0.25, -0.2) is 13.1 Å². The van der Waals surface area contributed by atoms with Crippen LogP contribution in [0.15, 0.2) is 20.0 Å². The molecule has 18 heavy (non-hydrogen) atoms. The molecule has 0 aliphatic heterocycles. The maximum Gasteiger partial charge on any atom is 0.244 e. The second-order valence-corrected chi connectivity index (χ2v) is 7.29. The van der Waals surface area contributed by atoms with Gasteiger partial charge in [-0.3, -0.25) is 0 Å². The number of hydrogen-bond donors (Lipinski definition) is 2. The van der Waals surface area contributed by atoms with Gasteiger partial charge in [-0.2, -0.15) is 11.8 Å². The highest BCUT2D eigenvalue weighted by molar-refractivity contribution is 9.10. The summed E-state index contributed by atoms with van der Waals surface area (Å²) in [5.41, 5.74) is 0. The SMILES string of the molecule is CSCC(C)CNS(=O)(=O)c1cc(CO)oc1Br. The Kier molecular flexibility index (Phi) is 6.19. The van der Waals surface area contributed by atoms with Gasteiger partial charge in [0.05, 0.1) is 0 Å². The summed E-state index contributed by atoms with van der Waals surface area (Å²) in [5.74, 6) is 1.34. The lowest BCUT2D eigenvalue weighted by Gasteiger charge is -2.10. The van der Waals surface area contributed by atoms with Gasteiger partial charge < -0.3 is 9.52 Å². The summed E-state index contributed by atoms with van der Waals surface area (Å²) in [7, 11) is -3.60. The van der Waals surface area contributed by atoms with Crippen LogP contribution < -0.4 is 4.72 Å². The Hall–Kier alpha value is -0.0200. The standard InChI is InChI=1S/C10H16BrNO4S2/c1-7(6-17-2)4-12-18(14,15)9-3-8(5-13)16-10(9)11/h3,7,12-13H,4-6H2,1-2H3. The van der Waals surface area contributed by atoms with Crippen molar-refractivity contribution < 1.29 is 17.9 Å². The Labute approximate surface area is 120 Å². The minimum atomic E-state index is -3.60. The summed E-state index contributed by atoms with van der Waals surface area (Å²) in [6.45, 7) is 2.01. The van der Waals surface area contributed by atoms with E-state index in [1.807, 2.05) is 13.2 Å². The number of halogens is 1. The Morgan fingerprint density at radius 2 is 2.28 bits per heavy atom. The third-order valence-electron chi connectivity index (χ3n) is 2.22. The van der Waals surface area contributed by atoms with Crippen LogP contribution in [0.4, 0.5) is 0 Å². The lowest BCUT2D eigenvalue weighted by molar-refractivity contribution is 0.245. The first-order valence-electron chi connectivity index (χ1n) is 5.28. The minimum absolute atomic E-state index is 0.0166. The molecular weight excluding hydrogens is 342 g/mol. The van der Waals surface area contributed by atoms with Crippen LogP contribution in [0.2, 0.25) is 0 Å². The fourth-order valence-corrected chi connectivity index (χ4v) is 4.18. The molecule has 1 aromatic rings. The zero-order chi connectivity index (χ0) is 13.8. The molecule has 2 N–H and O–H groups in total. The van der Waals surface area contributed by atoms with Crippen molar-refractivity contribution in [3.63, 3.8) is 0 Å². The minimum Gasteiger partial charge on any atom is -0.450 e. The molecule has 1 aromatic heterocycles. The topological polar surface area (TPSA) is 79.5 Å². The van der Waals surface area contributed by atoms with E-state index in [0.29, 0.717) is 6.54 Å². The molecule has 1 unspecified atom stereocenters. The average Bonchev–Trinajstić information content (AvgIpc) is 2.69. The Bertz CT molecular complexity index is 486.